The molecule has 4 heterocycles. The summed E-state index contributed by atoms with van der Waals surface area (Å²) in [6.45, 7) is 5.01. The molecule has 2 aliphatic rings. The van der Waals surface area contributed by atoms with Crippen LogP contribution in [0.3, 0.4) is 0 Å². The summed E-state index contributed by atoms with van der Waals surface area (Å²) in [4.78, 5) is 47.0. The van der Waals surface area contributed by atoms with Gasteiger partial charge in [0, 0.05) is 17.8 Å². The molecule has 0 saturated carbocycles. The number of carboxylic acid groups (broad SMARTS) is 1. The van der Waals surface area contributed by atoms with Gasteiger partial charge >= 0.3 is 5.97 Å². The molecule has 18 nitrogen and oxygen atoms in total. The Kier molecular flexibility index (Phi) is 9.18. The van der Waals surface area contributed by atoms with E-state index in [1.807, 2.05) is 24.0 Å². The molecule has 2 amide bonds. The molecule has 5 rings (SSSR count). The summed E-state index contributed by atoms with van der Waals surface area (Å²) in [6, 6.07) is 3.99. The van der Waals surface area contributed by atoms with E-state index < -0.39 is 58.2 Å². The van der Waals surface area contributed by atoms with Crippen molar-refractivity contribution in [1.29, 1.82) is 0 Å². The predicted molar refractivity (Wildman–Crippen MR) is 159 cm³/mol. The number of nitrogen functional groups attached to an aromatic ring is 1. The lowest BCUT2D eigenvalue weighted by Crippen LogP contribution is -2.76. The number of nitrogens with two attached hydrogens (primary N) is 1. The largest absolute Gasteiger partial charge is 0.724 e. The lowest BCUT2D eigenvalue weighted by atomic mass is 9.84. The van der Waals surface area contributed by atoms with E-state index in [1.54, 1.807) is 12.1 Å². The molecule has 20 heteroatoms. The van der Waals surface area contributed by atoms with Crippen LogP contribution in [-0.2, 0) is 47.5 Å². The fraction of sp³-hybridized carbons (Fsp3) is 0.462. The van der Waals surface area contributed by atoms with Gasteiger partial charge in [0.2, 0.25) is 16.6 Å². The third-order valence-electron chi connectivity index (χ3n) is 7.67. The van der Waals surface area contributed by atoms with Crippen LogP contribution in [0.1, 0.15) is 26.0 Å². The van der Waals surface area contributed by atoms with Gasteiger partial charge in [0.05, 0.1) is 18.0 Å². The minimum absolute atomic E-state index is 0.0615. The van der Waals surface area contributed by atoms with Crippen molar-refractivity contribution in [2.45, 2.75) is 44.5 Å². The molecule has 5 N–H and O–H groups in total. The van der Waals surface area contributed by atoms with E-state index in [1.165, 1.54) is 19.2 Å². The number of amides is 2. The number of benzene rings is 1. The first-order valence-electron chi connectivity index (χ1n) is 13.9. The van der Waals surface area contributed by atoms with Crippen molar-refractivity contribution < 1.29 is 51.0 Å². The van der Waals surface area contributed by atoms with Gasteiger partial charge in [-0.05, 0) is 45.0 Å². The van der Waals surface area contributed by atoms with Gasteiger partial charge in [0.1, 0.15) is 29.6 Å². The van der Waals surface area contributed by atoms with Gasteiger partial charge < -0.3 is 35.6 Å². The number of aliphatic carboxylic acids is 1. The lowest BCUT2D eigenvalue weighted by Gasteiger charge is -2.51. The zero-order valence-corrected chi connectivity index (χ0v) is 26.5. The average Bonchev–Trinajstić information content (AvgIpc) is 3.73. The first-order chi connectivity index (χ1) is 21.6. The molecule has 3 aromatic rings. The number of hydroxylamine groups is 2. The molecule has 2 fully saturated rings. The third kappa shape index (κ3) is 7.04. The highest BCUT2D eigenvalue weighted by atomic mass is 32.3. The number of thiazole rings is 1. The topological polar surface area (TPSA) is 244 Å². The maximum atomic E-state index is 13.2. The number of rotatable bonds is 13. The maximum Gasteiger partial charge on any atom is 0.351 e. The molecule has 0 spiro atoms. The molecule has 2 aromatic heterocycles. The first-order valence-corrected chi connectivity index (χ1v) is 16.2. The number of anilines is 1. The van der Waals surface area contributed by atoms with Gasteiger partial charge in [0.25, 0.3) is 17.9 Å². The molecule has 0 aliphatic carbocycles. The number of hydrogen-bond acceptors (Lipinski definition) is 14. The first kappa shape index (κ1) is 33.0. The van der Waals surface area contributed by atoms with Crippen LogP contribution in [0.25, 0.3) is 10.9 Å². The number of nitrogens with one attached hydrogen (secondary N) is 2. The summed E-state index contributed by atoms with van der Waals surface area (Å²) in [5.41, 5.74) is 4.60. The van der Waals surface area contributed by atoms with Crippen molar-refractivity contribution in [3.63, 3.8) is 0 Å². The number of carbonyl (C=O) groups is 3. The van der Waals surface area contributed by atoms with Gasteiger partial charge in [0.15, 0.2) is 17.4 Å². The predicted octanol–water partition coefficient (Wildman–Crippen LogP) is -1.14. The van der Waals surface area contributed by atoms with Crippen molar-refractivity contribution in [1.82, 2.24) is 25.4 Å². The van der Waals surface area contributed by atoms with Crippen LogP contribution in [0.4, 0.5) is 5.13 Å². The second kappa shape index (κ2) is 12.8. The van der Waals surface area contributed by atoms with Gasteiger partial charge in [-0.1, -0.05) is 5.16 Å². The summed E-state index contributed by atoms with van der Waals surface area (Å²) < 4.78 is 47.0. The van der Waals surface area contributed by atoms with Crippen molar-refractivity contribution in [2.24, 2.45) is 18.1 Å². The van der Waals surface area contributed by atoms with Crippen LogP contribution in [0, 0.1) is 5.92 Å². The number of carboxylic acids is 1. The minimum Gasteiger partial charge on any atom is -0.724 e. The number of oxime groups is 1. The van der Waals surface area contributed by atoms with Crippen molar-refractivity contribution in [3.05, 3.63) is 35.5 Å². The van der Waals surface area contributed by atoms with Crippen LogP contribution < -0.4 is 25.8 Å². The molecule has 2 saturated heterocycles. The molecule has 46 heavy (non-hydrogen) atoms. The Bertz CT molecular complexity index is 1800. The van der Waals surface area contributed by atoms with Crippen molar-refractivity contribution in [3.8, 4) is 5.75 Å². The lowest BCUT2D eigenvalue weighted by molar-refractivity contribution is -0.775. The van der Waals surface area contributed by atoms with Crippen LogP contribution in [-0.4, -0.2) is 93.7 Å². The molecule has 248 valence electrons. The van der Waals surface area contributed by atoms with E-state index in [-0.39, 0.29) is 10.8 Å². The number of aromatic nitrogens is 3. The fourth-order valence-corrected chi connectivity index (χ4v) is 6.16. The van der Waals surface area contributed by atoms with Crippen LogP contribution >= 0.6 is 11.3 Å². The summed E-state index contributed by atoms with van der Waals surface area (Å²) in [5, 5.41) is 21.9. The smallest absolute Gasteiger partial charge is 0.351 e. The van der Waals surface area contributed by atoms with Gasteiger partial charge in [-0.15, -0.1) is 16.0 Å². The zero-order chi connectivity index (χ0) is 33.4. The second-order valence-electron chi connectivity index (χ2n) is 11.3. The van der Waals surface area contributed by atoms with E-state index in [0.717, 1.165) is 48.3 Å². The molecule has 0 radical (unpaired) electrons. The number of hydrogen-bond donors (Lipinski definition) is 4. The molecule has 0 unspecified atom stereocenters. The number of fused-ring (bicyclic) bond motifs is 1. The standard InChI is InChI=1S/C26H32N8O10S2/c1-26(2)21(23(36)34(26)44-46(39,40)41)30-22(35)20(17-13-45-25(27)29-17)31-43-19(24(37)38)12-42-16-4-5-18-15(8-16)11-33(32(18)3)10-14-6-7-28-9-14/h4-5,8,11,13-14,19,21,28H,6-7,9-10,12H2,1-3H3,(H4-,27,29,30,35,37,38,39,40,41)/b31-20-/t14-,19+,21-/m1/s1. The monoisotopic (exact) mass is 680 g/mol. The molecule has 2 aliphatic heterocycles. The van der Waals surface area contributed by atoms with Gasteiger partial charge in [-0.3, -0.25) is 9.59 Å². The average molecular weight is 681 g/mol. The quantitative estimate of drug-likeness (QED) is 0.0417. The molecule has 3 atom stereocenters. The summed E-state index contributed by atoms with van der Waals surface area (Å²) >= 11 is 0.962. The highest BCUT2D eigenvalue weighted by molar-refractivity contribution is 7.80. The number of aryl methyl sites for hydroxylation is 1. The van der Waals surface area contributed by atoms with Gasteiger partial charge in [-0.2, -0.15) is 14.0 Å². The van der Waals surface area contributed by atoms with Crippen molar-refractivity contribution >= 4 is 61.3 Å². The number of β-lactam (4-membered cyclic amide) rings is 1. The van der Waals surface area contributed by atoms with E-state index in [2.05, 4.69) is 29.7 Å². The Morgan fingerprint density at radius 3 is 2.76 bits per heavy atom. The van der Waals surface area contributed by atoms with E-state index >= 15 is 0 Å². The number of carbonyl (C=O) groups excluding carboxylic acids is 2. The van der Waals surface area contributed by atoms with E-state index in [4.69, 9.17) is 15.3 Å². The zero-order valence-electron chi connectivity index (χ0n) is 24.9. The Balaban J connectivity index is 1.29. The highest BCUT2D eigenvalue weighted by Crippen LogP contribution is 2.33. The van der Waals surface area contributed by atoms with Gasteiger partial charge in [-0.25, -0.2) is 18.2 Å². The number of nitrogens with zero attached hydrogens (tertiary/aromatic N) is 5. The summed E-state index contributed by atoms with van der Waals surface area (Å²) in [6.07, 6.45) is 1.43. The number of ether oxygens (including phenoxy) is 1. The Labute approximate surface area is 266 Å². The van der Waals surface area contributed by atoms with E-state index in [0.29, 0.717) is 16.7 Å². The van der Waals surface area contributed by atoms with Crippen molar-refractivity contribution in [2.75, 3.05) is 25.4 Å². The van der Waals surface area contributed by atoms with Crippen LogP contribution in [0.2, 0.25) is 0 Å². The normalized spacial score (nSPS) is 20.4. The SMILES string of the molecule is Cn1c2ccc(OC[C@H](O/N=C(\C(=O)N[C@@H]3C(=O)N(OS(=O)(=O)[O-])C3(C)C)c3csc(N)n3)C(=O)O)cc2c[n+]1C[C@@H]1CCNC1. The third-order valence-corrected chi connectivity index (χ3v) is 8.68. The Morgan fingerprint density at radius 1 is 1.39 bits per heavy atom. The highest BCUT2D eigenvalue weighted by Gasteiger charge is 2.57. The molecular weight excluding hydrogens is 648 g/mol. The summed E-state index contributed by atoms with van der Waals surface area (Å²) in [5.74, 6) is -2.58. The molecule has 0 bridgehead atoms. The fourth-order valence-electron chi connectivity index (χ4n) is 5.17. The Morgan fingerprint density at radius 2 is 2.15 bits per heavy atom. The molecular formula is C26H32N8O10S2. The van der Waals surface area contributed by atoms with E-state index in [9.17, 15) is 32.5 Å². The van der Waals surface area contributed by atoms with Crippen LogP contribution in [0.5, 0.6) is 5.75 Å². The summed E-state index contributed by atoms with van der Waals surface area (Å²) in [7, 11) is -3.30. The Hall–Kier alpha value is -4.37. The second-order valence-corrected chi connectivity index (χ2v) is 13.1. The minimum atomic E-state index is -5.26. The van der Waals surface area contributed by atoms with Crippen LogP contribution in [0.15, 0.2) is 34.9 Å². The molecule has 1 aromatic carbocycles. The maximum absolute atomic E-state index is 13.2.